The lowest BCUT2D eigenvalue weighted by molar-refractivity contribution is 0.101. The van der Waals surface area contributed by atoms with Gasteiger partial charge in [-0.25, -0.2) is 19.4 Å². The van der Waals surface area contributed by atoms with E-state index in [9.17, 15) is 14.4 Å². The third-order valence-corrected chi connectivity index (χ3v) is 5.43. The molecule has 3 aromatic heterocycles. The molecule has 0 spiro atoms. The summed E-state index contributed by atoms with van der Waals surface area (Å²) in [6, 6.07) is 9.09. The Balaban J connectivity index is 1.69. The fourth-order valence-electron chi connectivity index (χ4n) is 3.81. The highest BCUT2D eigenvalue weighted by Crippen LogP contribution is 2.40. The number of hydrogen-bond acceptors (Lipinski definition) is 5. The van der Waals surface area contributed by atoms with Crippen molar-refractivity contribution in [1.82, 2.24) is 24.2 Å². The summed E-state index contributed by atoms with van der Waals surface area (Å²) in [5, 5.41) is 0.117. The monoisotopic (exact) mass is 418 g/mol. The molecule has 0 atom stereocenters. The maximum atomic E-state index is 13.3. The van der Waals surface area contributed by atoms with Crippen molar-refractivity contribution in [3.05, 3.63) is 68.8 Å². The molecule has 0 aliphatic heterocycles. The number of carbonyl (C=O) groups is 1. The Hall–Kier alpha value is -3.75. The number of nitrogens with one attached hydrogen (secondary N) is 2. The minimum absolute atomic E-state index is 0.117. The van der Waals surface area contributed by atoms with Gasteiger partial charge in [0.2, 0.25) is 0 Å². The molecule has 1 fully saturated rings. The number of amides is 1. The van der Waals surface area contributed by atoms with Gasteiger partial charge in [-0.15, -0.1) is 0 Å². The van der Waals surface area contributed by atoms with Crippen molar-refractivity contribution in [3.63, 3.8) is 0 Å². The van der Waals surface area contributed by atoms with Crippen LogP contribution in [0.2, 0.25) is 0 Å². The molecule has 3 heterocycles. The molecule has 1 aromatic carbocycles. The van der Waals surface area contributed by atoms with Gasteiger partial charge in [-0.3, -0.25) is 24.6 Å². The minimum atomic E-state index is -0.615. The smallest absolute Gasteiger partial charge is 0.277 e. The first-order chi connectivity index (χ1) is 14.9. The van der Waals surface area contributed by atoms with E-state index in [0.29, 0.717) is 6.54 Å². The number of carbonyl (C=O) groups excluding carboxylic acids is 1. The summed E-state index contributed by atoms with van der Waals surface area (Å²) in [6.45, 7) is 4.35. The van der Waals surface area contributed by atoms with Crippen LogP contribution in [0.4, 0.5) is 0 Å². The first-order valence-electron chi connectivity index (χ1n) is 10.3. The highest BCUT2D eigenvalue weighted by molar-refractivity contribution is 6.09. The molecule has 1 saturated carbocycles. The van der Waals surface area contributed by atoms with Crippen molar-refractivity contribution in [3.8, 4) is 0 Å². The fourth-order valence-corrected chi connectivity index (χ4v) is 3.81. The van der Waals surface area contributed by atoms with Crippen LogP contribution >= 0.6 is 0 Å². The molecule has 1 aliphatic carbocycles. The summed E-state index contributed by atoms with van der Waals surface area (Å²) in [5.41, 5.74) is 4.34. The summed E-state index contributed by atoms with van der Waals surface area (Å²) in [4.78, 5) is 49.9. The van der Waals surface area contributed by atoms with Crippen LogP contribution in [0.25, 0.3) is 22.1 Å². The molecule has 158 valence electrons. The van der Waals surface area contributed by atoms with Gasteiger partial charge in [0.1, 0.15) is 6.33 Å². The Morgan fingerprint density at radius 1 is 1.26 bits per heavy atom. The van der Waals surface area contributed by atoms with Crippen LogP contribution in [0.1, 0.15) is 48.7 Å². The third kappa shape index (κ3) is 3.41. The predicted octanol–water partition coefficient (Wildman–Crippen LogP) is 2.35. The molecule has 0 saturated heterocycles. The van der Waals surface area contributed by atoms with Crippen molar-refractivity contribution in [2.75, 3.05) is 5.43 Å². The lowest BCUT2D eigenvalue weighted by atomic mass is 10.1. The van der Waals surface area contributed by atoms with Crippen molar-refractivity contribution < 1.29 is 4.79 Å². The van der Waals surface area contributed by atoms with E-state index >= 15 is 0 Å². The standard InChI is InChI=1S/C22H22N6O3/c1-12(2)10-27-19-18(21(30)25-22(27)31)14(9-16(24-19)13-7-8-13)20(29)26-28-11-23-15-5-3-4-6-17(15)28/h3-6,9,11-13H,7-8,10H2,1-2H3,(H,26,29)(H,25,30,31). The van der Waals surface area contributed by atoms with Gasteiger partial charge in [0, 0.05) is 18.2 Å². The van der Waals surface area contributed by atoms with Crippen LogP contribution in [-0.2, 0) is 6.54 Å². The van der Waals surface area contributed by atoms with Gasteiger partial charge < -0.3 is 0 Å². The molecule has 9 nitrogen and oxygen atoms in total. The number of imidazole rings is 1. The Kier molecular flexibility index (Phi) is 4.46. The van der Waals surface area contributed by atoms with Gasteiger partial charge in [-0.2, -0.15) is 0 Å². The third-order valence-electron chi connectivity index (χ3n) is 5.43. The van der Waals surface area contributed by atoms with E-state index in [2.05, 4.69) is 20.4 Å². The van der Waals surface area contributed by atoms with E-state index in [4.69, 9.17) is 0 Å². The Morgan fingerprint density at radius 3 is 2.77 bits per heavy atom. The SMILES string of the molecule is CC(C)Cn1c(=O)[nH]c(=O)c2c(C(=O)Nn3cnc4ccccc43)cc(C3CC3)nc21. The highest BCUT2D eigenvalue weighted by Gasteiger charge is 2.29. The van der Waals surface area contributed by atoms with Crippen LogP contribution < -0.4 is 16.7 Å². The molecule has 1 amide bonds. The zero-order valence-corrected chi connectivity index (χ0v) is 17.3. The molecule has 1 aliphatic rings. The number of aromatic nitrogens is 5. The number of rotatable bonds is 5. The Labute approximate surface area is 176 Å². The number of pyridine rings is 1. The lowest BCUT2D eigenvalue weighted by Crippen LogP contribution is -2.34. The maximum absolute atomic E-state index is 13.3. The summed E-state index contributed by atoms with van der Waals surface area (Å²) in [5.74, 6) is -0.0580. The lowest BCUT2D eigenvalue weighted by Gasteiger charge is -2.15. The van der Waals surface area contributed by atoms with Gasteiger partial charge in [-0.05, 0) is 37.0 Å². The van der Waals surface area contributed by atoms with Crippen LogP contribution in [0.3, 0.4) is 0 Å². The first-order valence-corrected chi connectivity index (χ1v) is 10.3. The second-order valence-corrected chi connectivity index (χ2v) is 8.38. The zero-order chi connectivity index (χ0) is 21.7. The van der Waals surface area contributed by atoms with Crippen LogP contribution in [0.5, 0.6) is 0 Å². The topological polar surface area (TPSA) is 115 Å². The molecule has 0 bridgehead atoms. The molecule has 0 unspecified atom stereocenters. The second kappa shape index (κ2) is 7.19. The molecule has 2 N–H and O–H groups in total. The maximum Gasteiger partial charge on any atom is 0.330 e. The van der Waals surface area contributed by atoms with Crippen molar-refractivity contribution in [2.24, 2.45) is 5.92 Å². The van der Waals surface area contributed by atoms with E-state index in [0.717, 1.165) is 29.6 Å². The number of nitrogens with zero attached hydrogens (tertiary/aromatic N) is 4. The molecule has 4 aromatic rings. The van der Waals surface area contributed by atoms with Crippen molar-refractivity contribution >= 4 is 28.0 Å². The number of hydrogen-bond donors (Lipinski definition) is 2. The summed E-state index contributed by atoms with van der Waals surface area (Å²) >= 11 is 0. The average molecular weight is 418 g/mol. The summed E-state index contributed by atoms with van der Waals surface area (Å²) in [6.07, 6.45) is 3.47. The predicted molar refractivity (Wildman–Crippen MR) is 117 cm³/mol. The molecule has 5 rings (SSSR count). The number of benzene rings is 1. The van der Waals surface area contributed by atoms with Gasteiger partial charge in [0.25, 0.3) is 11.5 Å². The normalized spacial score (nSPS) is 13.9. The van der Waals surface area contributed by atoms with E-state index in [1.54, 1.807) is 6.07 Å². The minimum Gasteiger partial charge on any atom is -0.277 e. The van der Waals surface area contributed by atoms with Gasteiger partial charge >= 0.3 is 5.69 Å². The summed E-state index contributed by atoms with van der Waals surface area (Å²) < 4.78 is 2.98. The molecular formula is C22H22N6O3. The largest absolute Gasteiger partial charge is 0.330 e. The molecule has 0 radical (unpaired) electrons. The number of para-hydroxylation sites is 2. The second-order valence-electron chi connectivity index (χ2n) is 8.38. The number of H-pyrrole nitrogens is 1. The van der Waals surface area contributed by atoms with Gasteiger partial charge in [0.15, 0.2) is 5.65 Å². The van der Waals surface area contributed by atoms with Crippen LogP contribution in [0, 0.1) is 5.92 Å². The van der Waals surface area contributed by atoms with E-state index in [1.165, 1.54) is 15.6 Å². The number of aromatic amines is 1. The fraction of sp³-hybridized carbons (Fsp3) is 0.318. The zero-order valence-electron chi connectivity index (χ0n) is 17.3. The van der Waals surface area contributed by atoms with Gasteiger partial charge in [-0.1, -0.05) is 26.0 Å². The summed E-state index contributed by atoms with van der Waals surface area (Å²) in [7, 11) is 0. The molecule has 9 heteroatoms. The Morgan fingerprint density at radius 2 is 2.03 bits per heavy atom. The number of fused-ring (bicyclic) bond motifs is 2. The van der Waals surface area contributed by atoms with Crippen molar-refractivity contribution in [2.45, 2.75) is 39.2 Å². The van der Waals surface area contributed by atoms with E-state index < -0.39 is 17.2 Å². The van der Waals surface area contributed by atoms with E-state index in [-0.39, 0.29) is 28.4 Å². The first kappa shape index (κ1) is 19.2. The Bertz CT molecular complexity index is 1440. The molecular weight excluding hydrogens is 396 g/mol. The van der Waals surface area contributed by atoms with Gasteiger partial charge in [0.05, 0.1) is 22.0 Å². The highest BCUT2D eigenvalue weighted by atomic mass is 16.2. The van der Waals surface area contributed by atoms with Crippen molar-refractivity contribution in [1.29, 1.82) is 0 Å². The molecule has 31 heavy (non-hydrogen) atoms. The van der Waals surface area contributed by atoms with E-state index in [1.807, 2.05) is 38.1 Å². The van der Waals surface area contributed by atoms with Crippen LogP contribution in [0.15, 0.2) is 46.2 Å². The average Bonchev–Trinajstić information content (AvgIpc) is 3.52. The van der Waals surface area contributed by atoms with Crippen LogP contribution in [-0.4, -0.2) is 30.1 Å². The quantitative estimate of drug-likeness (QED) is 0.516.